The number of amides is 1. The first-order chi connectivity index (χ1) is 12.2. The zero-order valence-corrected chi connectivity index (χ0v) is 17.0. The van der Waals surface area contributed by atoms with Crippen LogP contribution in [0, 0.1) is 5.41 Å². The summed E-state index contributed by atoms with van der Waals surface area (Å²) in [7, 11) is 3.38. The van der Waals surface area contributed by atoms with Crippen molar-refractivity contribution in [1.82, 2.24) is 4.98 Å². The van der Waals surface area contributed by atoms with E-state index in [-0.39, 0.29) is 5.91 Å². The number of methoxy groups -OCH3 is 1. The maximum Gasteiger partial charge on any atom is 0.232 e. The van der Waals surface area contributed by atoms with Crippen LogP contribution in [0.5, 0.6) is 5.75 Å². The number of hydrogen-bond acceptors (Lipinski definition) is 4. The van der Waals surface area contributed by atoms with Crippen LogP contribution in [-0.4, -0.2) is 25.0 Å². The van der Waals surface area contributed by atoms with Crippen LogP contribution in [0.4, 0.5) is 5.69 Å². The number of nitrogens with zero attached hydrogens (tertiary/aromatic N) is 2. The third kappa shape index (κ3) is 3.55. The zero-order valence-electron chi connectivity index (χ0n) is 15.5. The van der Waals surface area contributed by atoms with Crippen molar-refractivity contribution < 1.29 is 9.53 Å². The summed E-state index contributed by atoms with van der Waals surface area (Å²) in [6.07, 6.45) is 0. The zero-order chi connectivity index (χ0) is 19.1. The highest BCUT2D eigenvalue weighted by molar-refractivity contribution is 7.22. The average molecular weight is 389 g/mol. The Bertz CT molecular complexity index is 976. The molecule has 0 radical (unpaired) electrons. The molecule has 0 saturated heterocycles. The third-order valence-electron chi connectivity index (χ3n) is 4.12. The van der Waals surface area contributed by atoms with E-state index in [2.05, 4.69) is 11.1 Å². The molecular formula is C20H21ClN2O2S. The number of thiophene rings is 1. The van der Waals surface area contributed by atoms with Gasteiger partial charge in [-0.2, -0.15) is 0 Å². The number of pyridine rings is 1. The summed E-state index contributed by atoms with van der Waals surface area (Å²) in [6, 6.07) is 11.8. The highest BCUT2D eigenvalue weighted by Gasteiger charge is 2.27. The molecule has 136 valence electrons. The lowest BCUT2D eigenvalue weighted by molar-refractivity contribution is -0.125. The molecule has 2 heterocycles. The van der Waals surface area contributed by atoms with E-state index in [4.69, 9.17) is 16.3 Å². The van der Waals surface area contributed by atoms with Gasteiger partial charge in [-0.25, -0.2) is 4.98 Å². The van der Waals surface area contributed by atoms with Gasteiger partial charge >= 0.3 is 0 Å². The molecule has 0 aliphatic carbocycles. The Hall–Kier alpha value is -2.11. The number of benzene rings is 1. The Labute approximate surface area is 162 Å². The fourth-order valence-electron chi connectivity index (χ4n) is 2.69. The molecule has 0 saturated carbocycles. The van der Waals surface area contributed by atoms with Crippen molar-refractivity contribution in [2.24, 2.45) is 5.41 Å². The largest absolute Gasteiger partial charge is 0.497 e. The molecule has 2 aromatic heterocycles. The summed E-state index contributed by atoms with van der Waals surface area (Å²) >= 11 is 8.03. The molecule has 6 heteroatoms. The van der Waals surface area contributed by atoms with E-state index in [1.165, 1.54) is 0 Å². The molecule has 0 spiro atoms. The summed E-state index contributed by atoms with van der Waals surface area (Å²) in [4.78, 5) is 19.6. The smallest absolute Gasteiger partial charge is 0.232 e. The van der Waals surface area contributed by atoms with Crippen molar-refractivity contribution in [1.29, 1.82) is 0 Å². The lowest BCUT2D eigenvalue weighted by atomic mass is 9.95. The summed E-state index contributed by atoms with van der Waals surface area (Å²) in [5.41, 5.74) is 0.912. The minimum Gasteiger partial charge on any atom is -0.497 e. The van der Waals surface area contributed by atoms with Gasteiger partial charge in [-0.1, -0.05) is 32.4 Å². The standard InChI is InChI=1S/C20H21ClN2O2S/c1-20(2,3)19(24)23(4)15-9-8-14(22-18(15)21)17-10-12-6-7-13(25-5)11-16(12)26-17/h6-11H,1-5H3. The quantitative estimate of drug-likeness (QED) is 0.545. The monoisotopic (exact) mass is 388 g/mol. The Morgan fingerprint density at radius 3 is 2.54 bits per heavy atom. The number of anilines is 1. The molecule has 0 fully saturated rings. The molecule has 26 heavy (non-hydrogen) atoms. The molecule has 0 aliphatic heterocycles. The van der Waals surface area contributed by atoms with Crippen molar-refractivity contribution in [3.05, 3.63) is 41.6 Å². The van der Waals surface area contributed by atoms with Crippen molar-refractivity contribution in [2.45, 2.75) is 20.8 Å². The van der Waals surface area contributed by atoms with Gasteiger partial charge in [0.25, 0.3) is 0 Å². The third-order valence-corrected chi connectivity index (χ3v) is 5.51. The Morgan fingerprint density at radius 2 is 1.92 bits per heavy atom. The van der Waals surface area contributed by atoms with Crippen LogP contribution in [0.25, 0.3) is 20.7 Å². The number of rotatable bonds is 3. The normalized spacial score (nSPS) is 11.6. The summed E-state index contributed by atoms with van der Waals surface area (Å²) in [6.45, 7) is 5.65. The second kappa shape index (κ2) is 6.89. The number of carbonyl (C=O) groups is 1. The SMILES string of the molecule is COc1ccc2cc(-c3ccc(N(C)C(=O)C(C)(C)C)c(Cl)n3)sc2c1. The van der Waals surface area contributed by atoms with Gasteiger partial charge in [0.2, 0.25) is 5.91 Å². The molecule has 1 aromatic carbocycles. The van der Waals surface area contributed by atoms with Crippen molar-refractivity contribution in [2.75, 3.05) is 19.1 Å². The van der Waals surface area contributed by atoms with Crippen molar-refractivity contribution in [3.63, 3.8) is 0 Å². The van der Waals surface area contributed by atoms with E-state index in [0.717, 1.165) is 26.4 Å². The first-order valence-electron chi connectivity index (χ1n) is 8.23. The van der Waals surface area contributed by atoms with Crippen LogP contribution < -0.4 is 9.64 Å². The van der Waals surface area contributed by atoms with Gasteiger partial charge in [0.05, 0.1) is 23.4 Å². The Morgan fingerprint density at radius 1 is 1.19 bits per heavy atom. The van der Waals surface area contributed by atoms with Gasteiger partial charge < -0.3 is 9.64 Å². The maximum atomic E-state index is 12.5. The molecule has 0 unspecified atom stereocenters. The topological polar surface area (TPSA) is 42.4 Å². The van der Waals surface area contributed by atoms with E-state index in [1.807, 2.05) is 51.1 Å². The molecule has 1 amide bonds. The number of halogens is 1. The van der Waals surface area contributed by atoms with Crippen LogP contribution in [0.1, 0.15) is 20.8 Å². The predicted octanol–water partition coefficient (Wildman–Crippen LogP) is 5.63. The minimum atomic E-state index is -0.485. The summed E-state index contributed by atoms with van der Waals surface area (Å²) in [5, 5.41) is 1.45. The van der Waals surface area contributed by atoms with E-state index in [9.17, 15) is 4.79 Å². The maximum absolute atomic E-state index is 12.5. The molecule has 0 aliphatic rings. The molecular weight excluding hydrogens is 368 g/mol. The van der Waals surface area contributed by atoms with Crippen molar-refractivity contribution in [3.8, 4) is 16.3 Å². The number of hydrogen-bond donors (Lipinski definition) is 0. The van der Waals surface area contributed by atoms with E-state index in [0.29, 0.717) is 10.8 Å². The lowest BCUT2D eigenvalue weighted by Crippen LogP contribution is -2.36. The molecule has 0 atom stereocenters. The molecule has 0 N–H and O–H groups in total. The first-order valence-corrected chi connectivity index (χ1v) is 9.43. The number of aromatic nitrogens is 1. The molecule has 3 rings (SSSR count). The molecule has 4 nitrogen and oxygen atoms in total. The first kappa shape index (κ1) is 18.7. The van der Waals surface area contributed by atoms with E-state index >= 15 is 0 Å². The fraction of sp³-hybridized carbons (Fsp3) is 0.300. The van der Waals surface area contributed by atoms with Gasteiger partial charge in [0, 0.05) is 17.2 Å². The molecule has 3 aromatic rings. The van der Waals surface area contributed by atoms with Gasteiger partial charge in [0.1, 0.15) is 5.75 Å². The summed E-state index contributed by atoms with van der Waals surface area (Å²) in [5.74, 6) is 0.817. The number of ether oxygens (including phenoxy) is 1. The van der Waals surface area contributed by atoms with Gasteiger partial charge in [-0.15, -0.1) is 11.3 Å². The van der Waals surface area contributed by atoms with Crippen LogP contribution in [0.15, 0.2) is 36.4 Å². The highest BCUT2D eigenvalue weighted by atomic mass is 35.5. The number of fused-ring (bicyclic) bond motifs is 1. The predicted molar refractivity (Wildman–Crippen MR) is 109 cm³/mol. The van der Waals surface area contributed by atoms with E-state index in [1.54, 1.807) is 30.4 Å². The van der Waals surface area contributed by atoms with Crippen LogP contribution in [0.3, 0.4) is 0 Å². The highest BCUT2D eigenvalue weighted by Crippen LogP contribution is 2.36. The van der Waals surface area contributed by atoms with Crippen LogP contribution in [-0.2, 0) is 4.79 Å². The average Bonchev–Trinajstić information content (AvgIpc) is 3.02. The second-order valence-corrected chi connectivity index (χ2v) is 8.58. The van der Waals surface area contributed by atoms with Crippen molar-refractivity contribution >= 4 is 44.6 Å². The molecule has 0 bridgehead atoms. The van der Waals surface area contributed by atoms with Crippen LogP contribution >= 0.6 is 22.9 Å². The lowest BCUT2D eigenvalue weighted by Gasteiger charge is -2.26. The fourth-order valence-corrected chi connectivity index (χ4v) is 4.03. The van der Waals surface area contributed by atoms with Gasteiger partial charge in [-0.05, 0) is 41.8 Å². The second-order valence-electron chi connectivity index (χ2n) is 7.14. The summed E-state index contributed by atoms with van der Waals surface area (Å²) < 4.78 is 6.41. The van der Waals surface area contributed by atoms with Crippen LogP contribution in [0.2, 0.25) is 5.15 Å². The Balaban J connectivity index is 1.96. The van der Waals surface area contributed by atoms with Gasteiger partial charge in [-0.3, -0.25) is 4.79 Å². The Kier molecular flexibility index (Phi) is 4.95. The minimum absolute atomic E-state index is 0.0112. The van der Waals surface area contributed by atoms with Gasteiger partial charge in [0.15, 0.2) is 5.15 Å². The van der Waals surface area contributed by atoms with E-state index < -0.39 is 5.41 Å². The number of carbonyl (C=O) groups excluding carboxylic acids is 1.